The molecule has 2 rings (SSSR count). The Bertz CT molecular complexity index is 348. The fourth-order valence-electron chi connectivity index (χ4n) is 2.10. The summed E-state index contributed by atoms with van der Waals surface area (Å²) in [5.74, 6) is 0. The monoisotopic (exact) mass is 222 g/mol. The molecule has 1 unspecified atom stereocenters. The number of hydrogen-bond donors (Lipinski definition) is 2. The fourth-order valence-corrected chi connectivity index (χ4v) is 2.10. The Balaban J connectivity index is 2.26. The van der Waals surface area contributed by atoms with Crippen molar-refractivity contribution in [2.24, 2.45) is 0 Å². The standard InChI is InChI=1S/C12H18N2O2/c1-9-4-10(13)6-11(5-9)14-2-3-16-8-12(14)7-15/h4-6,12,15H,2-3,7-8,13H2,1H3. The number of rotatable bonds is 2. The predicted molar refractivity (Wildman–Crippen MR) is 64.6 cm³/mol. The second-order valence-electron chi connectivity index (χ2n) is 4.21. The molecule has 0 amide bonds. The largest absolute Gasteiger partial charge is 0.399 e. The quantitative estimate of drug-likeness (QED) is 0.726. The summed E-state index contributed by atoms with van der Waals surface area (Å²) in [6.45, 7) is 4.20. The number of ether oxygens (including phenoxy) is 1. The van der Waals surface area contributed by atoms with E-state index in [1.54, 1.807) is 0 Å². The van der Waals surface area contributed by atoms with Crippen molar-refractivity contribution in [1.29, 1.82) is 0 Å². The fraction of sp³-hybridized carbons (Fsp3) is 0.500. The number of morpholine rings is 1. The van der Waals surface area contributed by atoms with Gasteiger partial charge in [0.1, 0.15) is 0 Å². The summed E-state index contributed by atoms with van der Waals surface area (Å²) < 4.78 is 5.35. The first-order valence-corrected chi connectivity index (χ1v) is 5.53. The van der Waals surface area contributed by atoms with Gasteiger partial charge in [0.25, 0.3) is 0 Å². The minimum Gasteiger partial charge on any atom is -0.399 e. The molecule has 88 valence electrons. The van der Waals surface area contributed by atoms with Crippen LogP contribution in [0.1, 0.15) is 5.56 Å². The number of benzene rings is 1. The van der Waals surface area contributed by atoms with Crippen LogP contribution in [0.25, 0.3) is 0 Å². The second-order valence-corrected chi connectivity index (χ2v) is 4.21. The number of nitrogens with two attached hydrogens (primary N) is 1. The Morgan fingerprint density at radius 2 is 2.31 bits per heavy atom. The first-order valence-electron chi connectivity index (χ1n) is 5.53. The van der Waals surface area contributed by atoms with Crippen LogP contribution in [0.3, 0.4) is 0 Å². The van der Waals surface area contributed by atoms with Crippen LogP contribution < -0.4 is 10.6 Å². The maximum Gasteiger partial charge on any atom is 0.0755 e. The summed E-state index contributed by atoms with van der Waals surface area (Å²) in [4.78, 5) is 2.16. The van der Waals surface area contributed by atoms with Gasteiger partial charge in [-0.05, 0) is 30.7 Å². The van der Waals surface area contributed by atoms with Gasteiger partial charge in [-0.3, -0.25) is 0 Å². The molecule has 1 saturated heterocycles. The van der Waals surface area contributed by atoms with Gasteiger partial charge in [-0.2, -0.15) is 0 Å². The molecule has 16 heavy (non-hydrogen) atoms. The number of aliphatic hydroxyl groups excluding tert-OH is 1. The third-order valence-corrected chi connectivity index (χ3v) is 2.85. The van der Waals surface area contributed by atoms with Crippen molar-refractivity contribution in [3.63, 3.8) is 0 Å². The molecule has 0 bridgehead atoms. The molecule has 1 aliphatic rings. The smallest absolute Gasteiger partial charge is 0.0755 e. The zero-order chi connectivity index (χ0) is 11.5. The minimum atomic E-state index is 0.0370. The maximum atomic E-state index is 9.31. The van der Waals surface area contributed by atoms with Gasteiger partial charge in [0.15, 0.2) is 0 Å². The number of hydrogen-bond acceptors (Lipinski definition) is 4. The van der Waals surface area contributed by atoms with Crippen molar-refractivity contribution < 1.29 is 9.84 Å². The van der Waals surface area contributed by atoms with Crippen LogP contribution in [0.5, 0.6) is 0 Å². The number of aliphatic hydroxyl groups is 1. The highest BCUT2D eigenvalue weighted by Crippen LogP contribution is 2.23. The van der Waals surface area contributed by atoms with E-state index >= 15 is 0 Å². The number of anilines is 2. The van der Waals surface area contributed by atoms with Gasteiger partial charge in [-0.15, -0.1) is 0 Å². The Morgan fingerprint density at radius 3 is 3.00 bits per heavy atom. The van der Waals surface area contributed by atoms with E-state index < -0.39 is 0 Å². The van der Waals surface area contributed by atoms with Gasteiger partial charge < -0.3 is 20.5 Å². The van der Waals surface area contributed by atoms with Gasteiger partial charge in [0, 0.05) is 17.9 Å². The molecule has 0 saturated carbocycles. The normalized spacial score (nSPS) is 21.1. The van der Waals surface area contributed by atoms with Gasteiger partial charge in [0.2, 0.25) is 0 Å². The van der Waals surface area contributed by atoms with E-state index in [1.165, 1.54) is 0 Å². The Kier molecular flexibility index (Phi) is 3.31. The molecule has 1 aromatic rings. The predicted octanol–water partition coefficient (Wildman–Crippen LogP) is 0.775. The Labute approximate surface area is 95.6 Å². The van der Waals surface area contributed by atoms with Gasteiger partial charge in [0.05, 0.1) is 25.9 Å². The number of nitrogen functional groups attached to an aromatic ring is 1. The third-order valence-electron chi connectivity index (χ3n) is 2.85. The van der Waals surface area contributed by atoms with Crippen LogP contribution in [0.15, 0.2) is 18.2 Å². The highest BCUT2D eigenvalue weighted by Gasteiger charge is 2.22. The second kappa shape index (κ2) is 4.72. The average molecular weight is 222 g/mol. The number of nitrogens with zero attached hydrogens (tertiary/aromatic N) is 1. The van der Waals surface area contributed by atoms with Crippen LogP contribution in [-0.4, -0.2) is 37.5 Å². The first-order chi connectivity index (χ1) is 7.70. The van der Waals surface area contributed by atoms with E-state index in [0.717, 1.165) is 23.5 Å². The molecule has 3 N–H and O–H groups in total. The molecule has 0 radical (unpaired) electrons. The molecule has 0 aromatic heterocycles. The van der Waals surface area contributed by atoms with Crippen molar-refractivity contribution in [2.45, 2.75) is 13.0 Å². The summed E-state index contributed by atoms with van der Waals surface area (Å²) in [6, 6.07) is 6.01. The summed E-state index contributed by atoms with van der Waals surface area (Å²) in [7, 11) is 0. The van der Waals surface area contributed by atoms with E-state index in [-0.39, 0.29) is 12.6 Å². The Hall–Kier alpha value is -1.26. The van der Waals surface area contributed by atoms with E-state index in [0.29, 0.717) is 13.2 Å². The summed E-state index contributed by atoms with van der Waals surface area (Å²) >= 11 is 0. The lowest BCUT2D eigenvalue weighted by atomic mass is 10.1. The molecular weight excluding hydrogens is 204 g/mol. The topological polar surface area (TPSA) is 58.7 Å². The molecule has 0 spiro atoms. The molecule has 1 aliphatic heterocycles. The highest BCUT2D eigenvalue weighted by atomic mass is 16.5. The van der Waals surface area contributed by atoms with E-state index in [2.05, 4.69) is 11.0 Å². The van der Waals surface area contributed by atoms with Gasteiger partial charge >= 0.3 is 0 Å². The molecule has 1 heterocycles. The lowest BCUT2D eigenvalue weighted by Crippen LogP contribution is -2.47. The van der Waals surface area contributed by atoms with Crippen molar-refractivity contribution in [3.05, 3.63) is 23.8 Å². The van der Waals surface area contributed by atoms with Crippen LogP contribution >= 0.6 is 0 Å². The third kappa shape index (κ3) is 2.28. The average Bonchev–Trinajstić information content (AvgIpc) is 2.27. The minimum absolute atomic E-state index is 0.0370. The lowest BCUT2D eigenvalue weighted by molar-refractivity contribution is 0.0727. The molecule has 0 aliphatic carbocycles. The summed E-state index contributed by atoms with van der Waals surface area (Å²) in [5.41, 5.74) is 8.80. The molecule has 4 nitrogen and oxygen atoms in total. The van der Waals surface area contributed by atoms with Crippen molar-refractivity contribution >= 4 is 11.4 Å². The SMILES string of the molecule is Cc1cc(N)cc(N2CCOCC2CO)c1. The number of aryl methyl sites for hydroxylation is 1. The highest BCUT2D eigenvalue weighted by molar-refractivity contribution is 5.59. The summed E-state index contributed by atoms with van der Waals surface area (Å²) in [6.07, 6.45) is 0. The van der Waals surface area contributed by atoms with Crippen LogP contribution in [0.2, 0.25) is 0 Å². The van der Waals surface area contributed by atoms with Crippen LogP contribution in [0, 0.1) is 6.92 Å². The van der Waals surface area contributed by atoms with Crippen molar-refractivity contribution in [3.8, 4) is 0 Å². The zero-order valence-electron chi connectivity index (χ0n) is 9.52. The van der Waals surface area contributed by atoms with Crippen LogP contribution in [-0.2, 0) is 4.74 Å². The van der Waals surface area contributed by atoms with Crippen molar-refractivity contribution in [1.82, 2.24) is 0 Å². The van der Waals surface area contributed by atoms with Crippen molar-refractivity contribution in [2.75, 3.05) is 37.0 Å². The van der Waals surface area contributed by atoms with E-state index in [1.807, 2.05) is 19.1 Å². The van der Waals surface area contributed by atoms with Gasteiger partial charge in [-0.25, -0.2) is 0 Å². The van der Waals surface area contributed by atoms with Crippen LogP contribution in [0.4, 0.5) is 11.4 Å². The molecule has 1 aromatic carbocycles. The Morgan fingerprint density at radius 1 is 1.50 bits per heavy atom. The lowest BCUT2D eigenvalue weighted by Gasteiger charge is -2.36. The molecule has 1 fully saturated rings. The molecule has 4 heteroatoms. The zero-order valence-corrected chi connectivity index (χ0v) is 9.52. The molecular formula is C12H18N2O2. The van der Waals surface area contributed by atoms with E-state index in [9.17, 15) is 5.11 Å². The first kappa shape index (κ1) is 11.2. The van der Waals surface area contributed by atoms with Gasteiger partial charge in [-0.1, -0.05) is 0 Å². The van der Waals surface area contributed by atoms with E-state index in [4.69, 9.17) is 10.5 Å². The maximum absolute atomic E-state index is 9.31. The molecule has 1 atom stereocenters. The summed E-state index contributed by atoms with van der Waals surface area (Å²) in [5, 5.41) is 9.31.